The van der Waals surface area contributed by atoms with E-state index in [-0.39, 0.29) is 18.4 Å². The maximum atomic E-state index is 12.5. The Balaban J connectivity index is 2.55. The summed E-state index contributed by atoms with van der Waals surface area (Å²) in [5.74, 6) is -0.975. The number of carbonyl (C=O) groups excluding carboxylic acids is 2. The van der Waals surface area contributed by atoms with Gasteiger partial charge in [-0.3, -0.25) is 9.59 Å². The molecule has 0 heterocycles. The van der Waals surface area contributed by atoms with Gasteiger partial charge in [0.25, 0.3) is 0 Å². The van der Waals surface area contributed by atoms with E-state index in [1.165, 1.54) is 17.0 Å². The van der Waals surface area contributed by atoms with Crippen molar-refractivity contribution in [2.24, 2.45) is 5.92 Å². The fraction of sp³-hybridized carbons (Fsp3) is 0.467. The van der Waals surface area contributed by atoms with Gasteiger partial charge in [0.1, 0.15) is 0 Å². The predicted molar refractivity (Wildman–Crippen MR) is 76.0 cm³/mol. The van der Waals surface area contributed by atoms with Gasteiger partial charge in [-0.2, -0.15) is 13.2 Å². The molecule has 1 rings (SSSR count). The van der Waals surface area contributed by atoms with Crippen molar-refractivity contribution in [1.82, 2.24) is 10.2 Å². The fourth-order valence-electron chi connectivity index (χ4n) is 1.77. The molecule has 0 saturated carbocycles. The van der Waals surface area contributed by atoms with Crippen LogP contribution in [0.2, 0.25) is 0 Å². The second-order valence-corrected chi connectivity index (χ2v) is 5.31. The van der Waals surface area contributed by atoms with Crippen molar-refractivity contribution in [1.29, 1.82) is 0 Å². The van der Waals surface area contributed by atoms with Crippen molar-refractivity contribution in [2.45, 2.75) is 19.5 Å². The number of nitrogens with one attached hydrogen (secondary N) is 1. The molecule has 0 saturated heterocycles. The van der Waals surface area contributed by atoms with Crippen LogP contribution in [0.3, 0.4) is 0 Å². The smallest absolute Gasteiger partial charge is 0.347 e. The van der Waals surface area contributed by atoms with E-state index in [4.69, 9.17) is 0 Å². The SMILES string of the molecule is CC(Cc1ccc(C(F)(F)F)cc1)C(=O)NCC(=O)N(C)C. The van der Waals surface area contributed by atoms with Crippen LogP contribution in [0.25, 0.3) is 0 Å². The van der Waals surface area contributed by atoms with Crippen molar-refractivity contribution < 1.29 is 22.8 Å². The highest BCUT2D eigenvalue weighted by atomic mass is 19.4. The minimum absolute atomic E-state index is 0.0941. The molecule has 22 heavy (non-hydrogen) atoms. The minimum atomic E-state index is -4.37. The average Bonchev–Trinajstić information content (AvgIpc) is 2.43. The number of likely N-dealkylation sites (N-methyl/N-ethyl adjacent to an activating group) is 1. The molecule has 1 N–H and O–H groups in total. The first-order valence-corrected chi connectivity index (χ1v) is 6.75. The van der Waals surface area contributed by atoms with Gasteiger partial charge >= 0.3 is 6.18 Å². The first-order chi connectivity index (χ1) is 10.1. The second-order valence-electron chi connectivity index (χ2n) is 5.31. The molecular formula is C15H19F3N2O2. The van der Waals surface area contributed by atoms with E-state index >= 15 is 0 Å². The number of benzene rings is 1. The number of carbonyl (C=O) groups is 2. The monoisotopic (exact) mass is 316 g/mol. The highest BCUT2D eigenvalue weighted by molar-refractivity contribution is 5.85. The fourth-order valence-corrected chi connectivity index (χ4v) is 1.77. The molecule has 0 aliphatic carbocycles. The molecule has 0 radical (unpaired) electrons. The lowest BCUT2D eigenvalue weighted by molar-refractivity contribution is -0.137. The number of nitrogens with zero attached hydrogens (tertiary/aromatic N) is 1. The summed E-state index contributed by atoms with van der Waals surface area (Å²) in [5, 5.41) is 2.51. The van der Waals surface area contributed by atoms with Crippen molar-refractivity contribution in [3.05, 3.63) is 35.4 Å². The molecule has 0 aliphatic rings. The third kappa shape index (κ3) is 5.38. The Morgan fingerprint density at radius 2 is 1.73 bits per heavy atom. The van der Waals surface area contributed by atoms with Gasteiger partial charge in [0.15, 0.2) is 0 Å². The number of hydrogen-bond acceptors (Lipinski definition) is 2. The highest BCUT2D eigenvalue weighted by Gasteiger charge is 2.30. The van der Waals surface area contributed by atoms with Gasteiger partial charge in [-0.25, -0.2) is 0 Å². The zero-order chi connectivity index (χ0) is 16.9. The molecule has 4 nitrogen and oxygen atoms in total. The largest absolute Gasteiger partial charge is 0.416 e. The van der Waals surface area contributed by atoms with E-state index in [2.05, 4.69) is 5.32 Å². The Morgan fingerprint density at radius 1 is 1.18 bits per heavy atom. The summed E-state index contributed by atoms with van der Waals surface area (Å²) in [5.41, 5.74) is -0.0838. The lowest BCUT2D eigenvalue weighted by Crippen LogP contribution is -2.38. The summed E-state index contributed by atoms with van der Waals surface area (Å²) < 4.78 is 37.4. The van der Waals surface area contributed by atoms with E-state index in [0.717, 1.165) is 12.1 Å². The van der Waals surface area contributed by atoms with Crippen LogP contribution in [0, 0.1) is 5.92 Å². The average molecular weight is 316 g/mol. The maximum Gasteiger partial charge on any atom is 0.416 e. The van der Waals surface area contributed by atoms with Gasteiger partial charge in [-0.1, -0.05) is 19.1 Å². The third-order valence-corrected chi connectivity index (χ3v) is 3.18. The molecule has 2 amide bonds. The lowest BCUT2D eigenvalue weighted by atomic mass is 9.99. The molecule has 1 aromatic rings. The Bertz CT molecular complexity index is 525. The van der Waals surface area contributed by atoms with Crippen molar-refractivity contribution in [2.75, 3.05) is 20.6 Å². The lowest BCUT2D eigenvalue weighted by Gasteiger charge is -2.15. The van der Waals surface area contributed by atoms with Gasteiger partial charge in [-0.15, -0.1) is 0 Å². The molecule has 0 aliphatic heterocycles. The third-order valence-electron chi connectivity index (χ3n) is 3.18. The van der Waals surface area contributed by atoms with Crippen LogP contribution in [-0.4, -0.2) is 37.4 Å². The summed E-state index contributed by atoms with van der Waals surface area (Å²) in [4.78, 5) is 24.6. The zero-order valence-corrected chi connectivity index (χ0v) is 12.7. The number of amides is 2. The number of rotatable bonds is 5. The van der Waals surface area contributed by atoms with Crippen LogP contribution < -0.4 is 5.32 Å². The molecule has 0 spiro atoms. The van der Waals surface area contributed by atoms with Crippen LogP contribution in [0.4, 0.5) is 13.2 Å². The topological polar surface area (TPSA) is 49.4 Å². The zero-order valence-electron chi connectivity index (χ0n) is 12.7. The molecule has 1 atom stereocenters. The van der Waals surface area contributed by atoms with Gasteiger partial charge in [-0.05, 0) is 24.1 Å². The molecule has 1 unspecified atom stereocenters. The summed E-state index contributed by atoms with van der Waals surface area (Å²) >= 11 is 0. The summed E-state index contributed by atoms with van der Waals surface area (Å²) in [7, 11) is 3.17. The maximum absolute atomic E-state index is 12.5. The molecule has 7 heteroatoms. The number of halogens is 3. The molecule has 0 bridgehead atoms. The number of hydrogen-bond donors (Lipinski definition) is 1. The van der Waals surface area contributed by atoms with Gasteiger partial charge in [0.05, 0.1) is 12.1 Å². The van der Waals surface area contributed by atoms with Gasteiger partial charge in [0.2, 0.25) is 11.8 Å². The normalized spacial score (nSPS) is 12.6. The highest BCUT2D eigenvalue weighted by Crippen LogP contribution is 2.29. The standard InChI is InChI=1S/C15H19F3N2O2/c1-10(14(22)19-9-13(21)20(2)3)8-11-4-6-12(7-5-11)15(16,17)18/h4-7,10H,8-9H2,1-3H3,(H,19,22). The molecule has 122 valence electrons. The molecule has 1 aromatic carbocycles. The molecular weight excluding hydrogens is 297 g/mol. The Morgan fingerprint density at radius 3 is 2.18 bits per heavy atom. The van der Waals surface area contributed by atoms with E-state index in [9.17, 15) is 22.8 Å². The van der Waals surface area contributed by atoms with E-state index in [1.807, 2.05) is 0 Å². The van der Waals surface area contributed by atoms with Crippen molar-refractivity contribution >= 4 is 11.8 Å². The number of alkyl halides is 3. The predicted octanol–water partition coefficient (Wildman–Crippen LogP) is 2.09. The van der Waals surface area contributed by atoms with Crippen molar-refractivity contribution in [3.8, 4) is 0 Å². The Labute approximate surface area is 127 Å². The minimum Gasteiger partial charge on any atom is -0.347 e. The first kappa shape index (κ1) is 18.0. The van der Waals surface area contributed by atoms with E-state index < -0.39 is 17.7 Å². The molecule has 0 fully saturated rings. The summed E-state index contributed by atoms with van der Waals surface area (Å²) in [6.07, 6.45) is -4.06. The Kier molecular flexibility index (Phi) is 5.96. The first-order valence-electron chi connectivity index (χ1n) is 6.75. The summed E-state index contributed by atoms with van der Waals surface area (Å²) in [6, 6.07) is 4.71. The van der Waals surface area contributed by atoms with Crippen LogP contribution in [0.1, 0.15) is 18.1 Å². The van der Waals surface area contributed by atoms with Crippen LogP contribution in [0.15, 0.2) is 24.3 Å². The Hall–Kier alpha value is -2.05. The second kappa shape index (κ2) is 7.29. The van der Waals surface area contributed by atoms with Gasteiger partial charge < -0.3 is 10.2 Å². The van der Waals surface area contributed by atoms with E-state index in [0.29, 0.717) is 12.0 Å². The van der Waals surface area contributed by atoms with Crippen LogP contribution >= 0.6 is 0 Å². The summed E-state index contributed by atoms with van der Waals surface area (Å²) in [6.45, 7) is 1.57. The van der Waals surface area contributed by atoms with E-state index in [1.54, 1.807) is 21.0 Å². The quantitative estimate of drug-likeness (QED) is 0.904. The van der Waals surface area contributed by atoms with Gasteiger partial charge in [0, 0.05) is 20.0 Å². The van der Waals surface area contributed by atoms with Crippen LogP contribution in [-0.2, 0) is 22.2 Å². The molecule has 0 aromatic heterocycles. The van der Waals surface area contributed by atoms with Crippen molar-refractivity contribution in [3.63, 3.8) is 0 Å². The van der Waals surface area contributed by atoms with Crippen LogP contribution in [0.5, 0.6) is 0 Å².